The van der Waals surface area contributed by atoms with Crippen molar-refractivity contribution in [1.29, 1.82) is 0 Å². The van der Waals surface area contributed by atoms with Crippen molar-refractivity contribution in [3.63, 3.8) is 0 Å². The van der Waals surface area contributed by atoms with Gasteiger partial charge >= 0.3 is 0 Å². The first-order valence-corrected chi connectivity index (χ1v) is 14.1. The molecule has 0 aliphatic rings. The van der Waals surface area contributed by atoms with Gasteiger partial charge < -0.3 is 5.32 Å². The normalized spacial score (nSPS) is 11.1. The van der Waals surface area contributed by atoms with E-state index in [2.05, 4.69) is 15.5 Å². The van der Waals surface area contributed by atoms with Gasteiger partial charge in [-0.3, -0.25) is 9.36 Å². The SMILES string of the molecule is O=C(CSc1nnc(-c2cc(-c3ccc(Cl)cc3)nc3ccccc23)n1-c1ccccc1)Nc1ccc(Cl)cc1. The number of fused-ring (bicyclic) bond motifs is 1. The predicted octanol–water partition coefficient (Wildman–Crippen LogP) is 8.19. The number of thioether (sulfide) groups is 1. The maximum absolute atomic E-state index is 12.8. The van der Waals surface area contributed by atoms with Gasteiger partial charge in [0.15, 0.2) is 11.0 Å². The molecule has 0 aliphatic carbocycles. The van der Waals surface area contributed by atoms with Gasteiger partial charge in [0.05, 0.1) is 17.0 Å². The van der Waals surface area contributed by atoms with Gasteiger partial charge in [-0.05, 0) is 60.7 Å². The molecule has 9 heteroatoms. The average molecular weight is 583 g/mol. The van der Waals surface area contributed by atoms with Crippen LogP contribution in [0.25, 0.3) is 39.2 Å². The number of carbonyl (C=O) groups excluding carboxylic acids is 1. The minimum absolute atomic E-state index is 0.153. The largest absolute Gasteiger partial charge is 0.325 e. The highest BCUT2D eigenvalue weighted by atomic mass is 35.5. The summed E-state index contributed by atoms with van der Waals surface area (Å²) in [5.74, 6) is 0.650. The molecule has 6 rings (SSSR count). The molecule has 2 heterocycles. The van der Waals surface area contributed by atoms with E-state index in [1.165, 1.54) is 11.8 Å². The van der Waals surface area contributed by atoms with Crippen LogP contribution in [0.15, 0.2) is 114 Å². The van der Waals surface area contributed by atoms with Gasteiger partial charge in [-0.15, -0.1) is 10.2 Å². The summed E-state index contributed by atoms with van der Waals surface area (Å²) in [5, 5.41) is 14.9. The van der Waals surface area contributed by atoms with Crippen LogP contribution in [-0.2, 0) is 4.79 Å². The zero-order valence-corrected chi connectivity index (χ0v) is 23.3. The molecule has 40 heavy (non-hydrogen) atoms. The molecule has 0 radical (unpaired) electrons. The number of amides is 1. The molecular formula is C31H21Cl2N5OS. The summed E-state index contributed by atoms with van der Waals surface area (Å²) >= 11 is 13.4. The monoisotopic (exact) mass is 581 g/mol. The molecule has 0 saturated heterocycles. The zero-order chi connectivity index (χ0) is 27.5. The third-order valence-electron chi connectivity index (χ3n) is 6.21. The Labute approximate surface area is 245 Å². The molecule has 0 saturated carbocycles. The second-order valence-electron chi connectivity index (χ2n) is 8.90. The first-order valence-electron chi connectivity index (χ1n) is 12.4. The van der Waals surface area contributed by atoms with Crippen molar-refractivity contribution in [3.8, 4) is 28.3 Å². The van der Waals surface area contributed by atoms with Gasteiger partial charge in [-0.1, -0.05) is 83.5 Å². The first kappa shape index (κ1) is 26.1. The van der Waals surface area contributed by atoms with Gasteiger partial charge in [0, 0.05) is 37.9 Å². The summed E-state index contributed by atoms with van der Waals surface area (Å²) in [4.78, 5) is 17.7. The smallest absolute Gasteiger partial charge is 0.234 e. The molecule has 0 aliphatic heterocycles. The predicted molar refractivity (Wildman–Crippen MR) is 163 cm³/mol. The van der Waals surface area contributed by atoms with Crippen LogP contribution in [0, 0.1) is 0 Å². The van der Waals surface area contributed by atoms with E-state index in [0.29, 0.717) is 26.7 Å². The zero-order valence-electron chi connectivity index (χ0n) is 21.0. The number of nitrogens with one attached hydrogen (secondary N) is 1. The van der Waals surface area contributed by atoms with E-state index in [0.717, 1.165) is 33.4 Å². The Morgan fingerprint density at radius 1 is 0.800 bits per heavy atom. The van der Waals surface area contributed by atoms with E-state index in [1.54, 1.807) is 24.3 Å². The van der Waals surface area contributed by atoms with Crippen LogP contribution in [0.4, 0.5) is 5.69 Å². The molecule has 4 aromatic carbocycles. The maximum Gasteiger partial charge on any atom is 0.234 e. The first-order chi connectivity index (χ1) is 19.5. The highest BCUT2D eigenvalue weighted by molar-refractivity contribution is 7.99. The third kappa shape index (κ3) is 5.58. The lowest BCUT2D eigenvalue weighted by Gasteiger charge is -2.13. The van der Waals surface area contributed by atoms with E-state index in [1.807, 2.05) is 89.5 Å². The number of aromatic nitrogens is 4. The Balaban J connectivity index is 1.41. The molecule has 6 nitrogen and oxygen atoms in total. The Morgan fingerprint density at radius 3 is 2.23 bits per heavy atom. The summed E-state index contributed by atoms with van der Waals surface area (Å²) in [7, 11) is 0. The number of halogens is 2. The van der Waals surface area contributed by atoms with Crippen LogP contribution in [0.5, 0.6) is 0 Å². The van der Waals surface area contributed by atoms with Crippen LogP contribution in [0.2, 0.25) is 10.0 Å². The summed E-state index contributed by atoms with van der Waals surface area (Å²) in [6.07, 6.45) is 0. The van der Waals surface area contributed by atoms with Crippen molar-refractivity contribution in [3.05, 3.63) is 119 Å². The van der Waals surface area contributed by atoms with Crippen LogP contribution in [0.3, 0.4) is 0 Å². The van der Waals surface area contributed by atoms with E-state index in [4.69, 9.17) is 28.2 Å². The summed E-state index contributed by atoms with van der Waals surface area (Å²) in [6, 6.07) is 34.5. The van der Waals surface area contributed by atoms with Gasteiger partial charge in [-0.25, -0.2) is 4.98 Å². The molecule has 0 unspecified atom stereocenters. The van der Waals surface area contributed by atoms with E-state index in [9.17, 15) is 4.79 Å². The molecule has 0 spiro atoms. The quantitative estimate of drug-likeness (QED) is 0.192. The maximum atomic E-state index is 12.8. The molecule has 1 N–H and O–H groups in total. The fraction of sp³-hybridized carbons (Fsp3) is 0.0323. The topological polar surface area (TPSA) is 72.7 Å². The molecule has 0 bridgehead atoms. The number of para-hydroxylation sites is 2. The average Bonchev–Trinajstić information content (AvgIpc) is 3.41. The highest BCUT2D eigenvalue weighted by Gasteiger charge is 2.20. The van der Waals surface area contributed by atoms with E-state index in [-0.39, 0.29) is 11.7 Å². The lowest BCUT2D eigenvalue weighted by atomic mass is 10.0. The standard InChI is InChI=1S/C31H21Cl2N5OS/c32-21-12-10-20(11-13-21)28-18-26(25-8-4-5-9-27(25)35-28)30-36-37-31(38(30)24-6-2-1-3-7-24)40-19-29(39)34-23-16-14-22(33)15-17-23/h1-18H,19H2,(H,34,39). The van der Waals surface area contributed by atoms with Crippen LogP contribution in [0.1, 0.15) is 0 Å². The number of carbonyl (C=O) groups is 1. The van der Waals surface area contributed by atoms with Crippen molar-refractivity contribution in [1.82, 2.24) is 19.7 Å². The minimum Gasteiger partial charge on any atom is -0.325 e. The van der Waals surface area contributed by atoms with E-state index >= 15 is 0 Å². The Hall–Kier alpha value is -4.17. The van der Waals surface area contributed by atoms with Crippen LogP contribution < -0.4 is 5.32 Å². The van der Waals surface area contributed by atoms with Gasteiger partial charge in [0.2, 0.25) is 5.91 Å². The van der Waals surface area contributed by atoms with Crippen molar-refractivity contribution in [2.24, 2.45) is 0 Å². The second kappa shape index (κ2) is 11.5. The number of benzene rings is 4. The molecule has 1 amide bonds. The Morgan fingerprint density at radius 2 is 1.48 bits per heavy atom. The number of anilines is 1. The molecule has 6 aromatic rings. The van der Waals surface area contributed by atoms with Crippen molar-refractivity contribution < 1.29 is 4.79 Å². The number of hydrogen-bond donors (Lipinski definition) is 1. The second-order valence-corrected chi connectivity index (χ2v) is 10.7. The van der Waals surface area contributed by atoms with Crippen molar-refractivity contribution >= 4 is 57.5 Å². The third-order valence-corrected chi connectivity index (χ3v) is 7.64. The molecular weight excluding hydrogens is 561 g/mol. The summed E-state index contributed by atoms with van der Waals surface area (Å²) < 4.78 is 1.98. The van der Waals surface area contributed by atoms with Gasteiger partial charge in [0.1, 0.15) is 0 Å². The minimum atomic E-state index is -0.157. The number of rotatable bonds is 7. The number of pyridine rings is 1. The molecule has 0 atom stereocenters. The van der Waals surface area contributed by atoms with Crippen LogP contribution in [-0.4, -0.2) is 31.4 Å². The van der Waals surface area contributed by atoms with E-state index < -0.39 is 0 Å². The van der Waals surface area contributed by atoms with Gasteiger partial charge in [-0.2, -0.15) is 0 Å². The fourth-order valence-corrected chi connectivity index (χ4v) is 5.34. The summed E-state index contributed by atoms with van der Waals surface area (Å²) in [6.45, 7) is 0. The Kier molecular flexibility index (Phi) is 7.51. The number of nitrogens with zero attached hydrogens (tertiary/aromatic N) is 4. The van der Waals surface area contributed by atoms with Gasteiger partial charge in [0.25, 0.3) is 0 Å². The van der Waals surface area contributed by atoms with Crippen molar-refractivity contribution in [2.45, 2.75) is 5.16 Å². The number of hydrogen-bond acceptors (Lipinski definition) is 5. The lowest BCUT2D eigenvalue weighted by Crippen LogP contribution is -2.14. The highest BCUT2D eigenvalue weighted by Crippen LogP contribution is 2.35. The van der Waals surface area contributed by atoms with Crippen LogP contribution >= 0.6 is 35.0 Å². The summed E-state index contributed by atoms with van der Waals surface area (Å²) in [5.41, 5.74) is 5.02. The molecule has 0 fully saturated rings. The molecule has 196 valence electrons. The Bertz CT molecular complexity index is 1810. The van der Waals surface area contributed by atoms with Crippen molar-refractivity contribution in [2.75, 3.05) is 11.1 Å². The molecule has 2 aromatic heterocycles. The fourth-order valence-electron chi connectivity index (χ4n) is 4.34. The lowest BCUT2D eigenvalue weighted by molar-refractivity contribution is -0.113.